The standard InChI is InChI=1S/C66H41N5.C62H38N4/c1-3-19-49-43(17-1)37-44-18-2-4-20-50(44)65(49)58-41-57(67-66(68-58)42-33-35-46(36-34-42)69-59-27-11-5-21-51(59)52-22-6-12-28-60(52)69)45-38-47(70-61-29-13-7-23-53(61)54-24-8-14-30-62(54)70)40-48(39-45)71-63-31-15-9-25-55(63)56-26-10-16-32-64(56)71;1-5-21-46-39(17-1)33-40-18-2-6-22-47(40)60(46)55-38-54(63-62(64-55)61-48-23-7-3-19-41(48)34-42-20-4-8-24-49(42)61)43-35-44(65-56-29-13-9-25-50(56)51-26-10-14-30-57(51)65)37-45(36-43)66-58-31-15-11-27-52(58)53-28-12-16-32-59(53)66/h1-41H;1-38H. The molecule has 0 fully saturated rings. The van der Waals surface area contributed by atoms with Gasteiger partial charge in [0.2, 0.25) is 0 Å². The van der Waals surface area contributed by atoms with E-state index in [1.165, 1.54) is 86.4 Å². The summed E-state index contributed by atoms with van der Waals surface area (Å²) in [4.78, 5) is 22.6. The average molecular weight is 1740 g/mol. The van der Waals surface area contributed by atoms with Gasteiger partial charge in [0.15, 0.2) is 11.6 Å². The molecular formula is C128H79N9. The van der Waals surface area contributed by atoms with Crippen molar-refractivity contribution in [2.24, 2.45) is 0 Å². The van der Waals surface area contributed by atoms with Crippen LogP contribution in [0.4, 0.5) is 0 Å². The summed E-state index contributed by atoms with van der Waals surface area (Å²) in [7, 11) is 0. The molecule has 0 unspecified atom stereocenters. The van der Waals surface area contributed by atoms with Crippen molar-refractivity contribution in [1.82, 2.24) is 42.8 Å². The molecule has 636 valence electrons. The van der Waals surface area contributed by atoms with Crippen molar-refractivity contribution in [2.45, 2.75) is 0 Å². The Labute approximate surface area is 786 Å². The monoisotopic (exact) mass is 1740 g/mol. The Balaban J connectivity index is 0.000000136. The van der Waals surface area contributed by atoms with Crippen LogP contribution in [0.5, 0.6) is 0 Å². The van der Waals surface area contributed by atoms with Gasteiger partial charge in [-0.2, -0.15) is 0 Å². The smallest absolute Gasteiger partial charge is 0.161 e. The molecule has 0 aliphatic heterocycles. The van der Waals surface area contributed by atoms with Crippen LogP contribution in [0.25, 0.3) is 270 Å². The van der Waals surface area contributed by atoms with E-state index in [0.29, 0.717) is 11.6 Å². The Morgan fingerprint density at radius 1 is 0.124 bits per heavy atom. The third kappa shape index (κ3) is 12.4. The third-order valence-electron chi connectivity index (χ3n) is 28.2. The molecule has 0 aliphatic rings. The summed E-state index contributed by atoms with van der Waals surface area (Å²) in [6.07, 6.45) is 0. The molecule has 9 nitrogen and oxygen atoms in total. The Morgan fingerprint density at radius 3 is 0.562 bits per heavy atom. The van der Waals surface area contributed by atoms with Gasteiger partial charge in [0, 0.05) is 116 Å². The van der Waals surface area contributed by atoms with Gasteiger partial charge in [-0.15, -0.1) is 0 Å². The van der Waals surface area contributed by atoms with Gasteiger partial charge in [-0.3, -0.25) is 0 Å². The van der Waals surface area contributed by atoms with Crippen LogP contribution in [0.3, 0.4) is 0 Å². The van der Waals surface area contributed by atoms with Crippen LogP contribution in [0.15, 0.2) is 479 Å². The van der Waals surface area contributed by atoms with Crippen LogP contribution in [0.2, 0.25) is 0 Å². The molecule has 9 heteroatoms. The summed E-state index contributed by atoms with van der Waals surface area (Å²) in [5.41, 5.74) is 26.3. The lowest BCUT2D eigenvalue weighted by molar-refractivity contribution is 1.13. The van der Waals surface area contributed by atoms with E-state index in [1.807, 2.05) is 0 Å². The summed E-state index contributed by atoms with van der Waals surface area (Å²) >= 11 is 0. The Kier molecular flexibility index (Phi) is 17.6. The van der Waals surface area contributed by atoms with E-state index >= 15 is 0 Å². The van der Waals surface area contributed by atoms with Crippen LogP contribution in [0, 0.1) is 0 Å². The first-order valence-corrected chi connectivity index (χ1v) is 46.8. The molecule has 22 aromatic carbocycles. The number of rotatable bonds is 11. The Bertz CT molecular complexity index is 9270. The van der Waals surface area contributed by atoms with Crippen molar-refractivity contribution in [3.05, 3.63) is 479 Å². The van der Waals surface area contributed by atoms with E-state index in [0.717, 1.165) is 172 Å². The van der Waals surface area contributed by atoms with Crippen molar-refractivity contribution in [1.29, 1.82) is 0 Å². The minimum absolute atomic E-state index is 0.656. The molecule has 0 saturated heterocycles. The van der Waals surface area contributed by atoms with Gasteiger partial charge in [0.25, 0.3) is 0 Å². The molecule has 137 heavy (non-hydrogen) atoms. The van der Waals surface area contributed by atoms with E-state index < -0.39 is 0 Å². The molecule has 0 atom stereocenters. The second-order valence-corrected chi connectivity index (χ2v) is 35.9. The molecule has 29 aromatic rings. The molecule has 29 rings (SSSR count). The topological polar surface area (TPSA) is 76.2 Å². The number of benzene rings is 22. The van der Waals surface area contributed by atoms with Crippen LogP contribution >= 0.6 is 0 Å². The van der Waals surface area contributed by atoms with Gasteiger partial charge in [0.1, 0.15) is 0 Å². The van der Waals surface area contributed by atoms with Gasteiger partial charge in [-0.1, -0.05) is 328 Å². The van der Waals surface area contributed by atoms with Crippen LogP contribution in [-0.4, -0.2) is 42.8 Å². The zero-order valence-electron chi connectivity index (χ0n) is 74.1. The van der Waals surface area contributed by atoms with Crippen molar-refractivity contribution < 1.29 is 0 Å². The highest BCUT2D eigenvalue weighted by Gasteiger charge is 2.27. The predicted octanol–water partition coefficient (Wildman–Crippen LogP) is 33.4. The fourth-order valence-electron chi connectivity index (χ4n) is 22.3. The van der Waals surface area contributed by atoms with Crippen molar-refractivity contribution in [3.63, 3.8) is 0 Å². The van der Waals surface area contributed by atoms with Gasteiger partial charge in [0.05, 0.1) is 77.9 Å². The summed E-state index contributed by atoms with van der Waals surface area (Å²) in [6.45, 7) is 0. The molecule has 0 saturated carbocycles. The number of para-hydroxylation sites is 10. The lowest BCUT2D eigenvalue weighted by Crippen LogP contribution is -2.02. The molecule has 0 spiro atoms. The summed E-state index contributed by atoms with van der Waals surface area (Å²) in [6, 6.07) is 173. The SMILES string of the molecule is c1ccc2c(-c3cc(-c4cc(-n5c6ccccc6c6ccccc65)cc(-n5c6ccccc6c6ccccc65)c4)nc(-c4c5ccccc5cc5ccccc45)n3)c3ccccc3cc2c1.c1ccc2c(-c3cc(-c4cc(-n5c6ccccc6c6ccccc65)cc(-n5c6ccccc6c6ccccc65)c4)nc(-c4ccc(-n5c6ccccc6c6ccccc65)cc4)n3)c3ccccc3cc2c1. The molecule has 0 aliphatic carbocycles. The number of aromatic nitrogens is 9. The van der Waals surface area contributed by atoms with Gasteiger partial charge >= 0.3 is 0 Å². The van der Waals surface area contributed by atoms with Crippen LogP contribution in [-0.2, 0) is 0 Å². The zero-order valence-corrected chi connectivity index (χ0v) is 74.1. The van der Waals surface area contributed by atoms with E-state index in [4.69, 9.17) is 19.9 Å². The maximum Gasteiger partial charge on any atom is 0.161 e. The van der Waals surface area contributed by atoms with Gasteiger partial charge in [-0.25, -0.2) is 19.9 Å². The Hall–Kier alpha value is -18.4. The largest absolute Gasteiger partial charge is 0.309 e. The molecular weight excluding hydrogens is 1660 g/mol. The van der Waals surface area contributed by atoms with Crippen molar-refractivity contribution in [2.75, 3.05) is 0 Å². The van der Waals surface area contributed by atoms with Crippen molar-refractivity contribution >= 4 is 174 Å². The minimum Gasteiger partial charge on any atom is -0.309 e. The summed E-state index contributed by atoms with van der Waals surface area (Å²) in [5, 5.41) is 26.0. The lowest BCUT2D eigenvalue weighted by atomic mass is 9.93. The first-order chi connectivity index (χ1) is 67.9. The van der Waals surface area contributed by atoms with Crippen LogP contribution < -0.4 is 0 Å². The fourth-order valence-corrected chi connectivity index (χ4v) is 22.3. The van der Waals surface area contributed by atoms with Gasteiger partial charge in [-0.05, 0) is 216 Å². The fraction of sp³-hybridized carbons (Fsp3) is 0. The maximum absolute atomic E-state index is 5.72. The van der Waals surface area contributed by atoms with Crippen molar-refractivity contribution in [3.8, 4) is 96.2 Å². The quantitative estimate of drug-likeness (QED) is 0.121. The minimum atomic E-state index is 0.656. The van der Waals surface area contributed by atoms with E-state index in [1.54, 1.807) is 0 Å². The average Bonchev–Trinajstić information content (AvgIpc) is 1.52. The molecule has 0 radical (unpaired) electrons. The van der Waals surface area contributed by atoms with E-state index in [-0.39, 0.29) is 0 Å². The highest BCUT2D eigenvalue weighted by atomic mass is 15.0. The summed E-state index contributed by atoms with van der Waals surface area (Å²) < 4.78 is 12.0. The number of hydrogen-bond donors (Lipinski definition) is 0. The van der Waals surface area contributed by atoms with Gasteiger partial charge < -0.3 is 22.8 Å². The molecule has 7 heterocycles. The maximum atomic E-state index is 5.72. The summed E-state index contributed by atoms with van der Waals surface area (Å²) in [5.74, 6) is 1.34. The normalized spacial score (nSPS) is 11.9. The number of fused-ring (bicyclic) bond motifs is 21. The van der Waals surface area contributed by atoms with Crippen LogP contribution in [0.1, 0.15) is 0 Å². The third-order valence-corrected chi connectivity index (χ3v) is 28.2. The second kappa shape index (κ2) is 31.1. The molecule has 0 amide bonds. The number of hydrogen-bond acceptors (Lipinski definition) is 4. The molecule has 7 aromatic heterocycles. The van der Waals surface area contributed by atoms with E-state index in [2.05, 4.69) is 502 Å². The highest BCUT2D eigenvalue weighted by Crippen LogP contribution is 2.48. The molecule has 0 bridgehead atoms. The Morgan fingerprint density at radius 2 is 0.314 bits per heavy atom. The first kappa shape index (κ1) is 77.3. The lowest BCUT2D eigenvalue weighted by Gasteiger charge is -2.18. The zero-order chi connectivity index (χ0) is 89.9. The highest BCUT2D eigenvalue weighted by molar-refractivity contribution is 6.19. The molecule has 0 N–H and O–H groups in total. The van der Waals surface area contributed by atoms with E-state index in [9.17, 15) is 0 Å². The predicted molar refractivity (Wildman–Crippen MR) is 573 cm³/mol. The first-order valence-electron chi connectivity index (χ1n) is 46.8. The number of nitrogens with zero attached hydrogens (tertiary/aromatic N) is 9. The second-order valence-electron chi connectivity index (χ2n) is 35.9.